The summed E-state index contributed by atoms with van der Waals surface area (Å²) in [5.41, 5.74) is 17.9. The fourth-order valence-electron chi connectivity index (χ4n) is 9.69. The third kappa shape index (κ3) is 6.31. The number of aryl methyl sites for hydroxylation is 1. The van der Waals surface area contributed by atoms with Crippen molar-refractivity contribution >= 4 is 43.8 Å². The minimum Gasteiger partial charge on any atom is -0.147 e. The van der Waals surface area contributed by atoms with Crippen molar-refractivity contribution in [3.63, 3.8) is 0 Å². The van der Waals surface area contributed by atoms with Crippen molar-refractivity contribution < 1.29 is 17.4 Å². The van der Waals surface area contributed by atoms with E-state index in [0.29, 0.717) is 13.2 Å². The number of benzene rings is 4. The van der Waals surface area contributed by atoms with Crippen LogP contribution in [0, 0.1) is 12.8 Å². The average Bonchev–Trinajstić information content (AvgIpc) is 3.63. The quantitative estimate of drug-likeness (QED) is 0.172. The maximum Gasteiger partial charge on any atom is -0.147 e. The van der Waals surface area contributed by atoms with E-state index in [2.05, 4.69) is 141 Å². The Morgan fingerprint density at radius 1 is 0.660 bits per heavy atom. The minimum absolute atomic E-state index is 0. The maximum atomic E-state index is 2.78. The van der Waals surface area contributed by atoms with Crippen molar-refractivity contribution in [2.45, 2.75) is 82.2 Å². The van der Waals surface area contributed by atoms with Crippen molar-refractivity contribution in [3.8, 4) is 22.3 Å². The zero-order valence-corrected chi connectivity index (χ0v) is 34.6. The molecule has 0 nitrogen and oxygen atoms in total. The van der Waals surface area contributed by atoms with Gasteiger partial charge in [-0.25, -0.2) is 0 Å². The van der Waals surface area contributed by atoms with E-state index in [-0.39, 0.29) is 24.8 Å². The summed E-state index contributed by atoms with van der Waals surface area (Å²) in [4.78, 5) is 0. The summed E-state index contributed by atoms with van der Waals surface area (Å²) in [5.74, 6) is 1.27. The summed E-state index contributed by atoms with van der Waals surface area (Å²) in [6.07, 6.45) is 12.1. The fraction of sp³-hybridized carbons (Fsp3) is 0.349. The molecule has 4 aromatic rings. The van der Waals surface area contributed by atoms with E-state index >= 15 is 0 Å². The zero-order chi connectivity index (χ0) is 31.5. The van der Waals surface area contributed by atoms with Crippen LogP contribution in [-0.2, 0) is 17.4 Å². The van der Waals surface area contributed by atoms with Gasteiger partial charge < -0.3 is 0 Å². The molecule has 246 valence electrons. The second-order valence-electron chi connectivity index (χ2n) is 15.9. The first-order valence-corrected chi connectivity index (χ1v) is 31.1. The number of hydrogen-bond donors (Lipinski definition) is 0. The van der Waals surface area contributed by atoms with E-state index in [1.165, 1.54) is 71.0 Å². The second kappa shape index (κ2) is 13.7. The summed E-state index contributed by atoms with van der Waals surface area (Å²) < 4.78 is 6.63. The molecule has 2 atom stereocenters. The van der Waals surface area contributed by atoms with Crippen molar-refractivity contribution in [2.75, 3.05) is 0 Å². The van der Waals surface area contributed by atoms with Gasteiger partial charge in [0.15, 0.2) is 0 Å². The van der Waals surface area contributed by atoms with Crippen LogP contribution in [0.1, 0.15) is 99.4 Å². The molecular weight excluding hydrogens is 707 g/mol. The third-order valence-corrected chi connectivity index (χ3v) is 29.2. The van der Waals surface area contributed by atoms with Crippen molar-refractivity contribution in [1.82, 2.24) is 0 Å². The molecule has 3 aliphatic rings. The Labute approximate surface area is 298 Å². The molecule has 0 saturated heterocycles. The molecule has 0 bridgehead atoms. The third-order valence-electron chi connectivity index (χ3n) is 11.7. The monoisotopic (exact) mass is 756 g/mol. The van der Waals surface area contributed by atoms with Gasteiger partial charge in [-0.1, -0.05) is 0 Å². The summed E-state index contributed by atoms with van der Waals surface area (Å²) >= 11 is -3.67. The summed E-state index contributed by atoms with van der Waals surface area (Å²) in [6, 6.07) is 32.7. The average molecular weight is 759 g/mol. The van der Waals surface area contributed by atoms with Gasteiger partial charge in [0.2, 0.25) is 0 Å². The molecule has 7 rings (SSSR count). The van der Waals surface area contributed by atoms with Gasteiger partial charge in [-0.05, 0) is 0 Å². The Morgan fingerprint density at radius 3 is 1.96 bits per heavy atom. The normalized spacial score (nSPS) is 19.3. The molecule has 3 aliphatic carbocycles. The Hall–Kier alpha value is -1.96. The Morgan fingerprint density at radius 2 is 1.30 bits per heavy atom. The van der Waals surface area contributed by atoms with Crippen molar-refractivity contribution in [1.29, 1.82) is 0 Å². The van der Waals surface area contributed by atoms with Crippen LogP contribution in [0.4, 0.5) is 0 Å². The molecule has 2 unspecified atom stereocenters. The van der Waals surface area contributed by atoms with Gasteiger partial charge in [-0.2, -0.15) is 0 Å². The molecule has 0 radical (unpaired) electrons. The minimum atomic E-state index is -3.67. The molecule has 4 aromatic carbocycles. The molecule has 0 N–H and O–H groups in total. The van der Waals surface area contributed by atoms with Crippen LogP contribution in [0.3, 0.4) is 0 Å². The molecule has 0 amide bonds. The maximum absolute atomic E-state index is 3.67. The van der Waals surface area contributed by atoms with Gasteiger partial charge in [0.1, 0.15) is 0 Å². The molecular formula is C43H52Cl2SiZr. The van der Waals surface area contributed by atoms with Gasteiger partial charge >= 0.3 is 276 Å². The van der Waals surface area contributed by atoms with Gasteiger partial charge in [0.05, 0.1) is 0 Å². The standard InChI is InChI=1S/C23H25.C18H17.2CH3.2ClH.H2Si.Zr/c1-16-14-22-17(2)8-13-21(23(22)15-16)20-11-9-19(10-12-20)18-6-4-3-5-7-18;1-13(2)16-11-15-9-6-10-17(18(15)12-16)14-7-4-3-5-8-14;;;;;;/h8-15,18H,3-7H2,1-2H3;3-13H,1-2H3;2*1H3;2*1H;1H2;. The summed E-state index contributed by atoms with van der Waals surface area (Å²) in [6.45, 7) is 12.1. The van der Waals surface area contributed by atoms with Crippen LogP contribution in [0.5, 0.6) is 0 Å². The van der Waals surface area contributed by atoms with E-state index in [1.54, 1.807) is 27.8 Å². The van der Waals surface area contributed by atoms with E-state index in [1.807, 2.05) is 0 Å². The van der Waals surface area contributed by atoms with Gasteiger partial charge in [0, 0.05) is 0 Å². The molecule has 47 heavy (non-hydrogen) atoms. The van der Waals surface area contributed by atoms with Gasteiger partial charge in [-0.15, -0.1) is 24.8 Å². The number of allylic oxidation sites excluding steroid dienone is 2. The number of fused-ring (bicyclic) bond motifs is 2. The molecule has 1 fully saturated rings. The number of rotatable bonds is 6. The second-order valence-corrected chi connectivity index (χ2v) is 46.4. The van der Waals surface area contributed by atoms with Crippen molar-refractivity contribution in [2.24, 2.45) is 5.92 Å². The van der Waals surface area contributed by atoms with Crippen LogP contribution in [0.2, 0.25) is 9.26 Å². The Kier molecular flexibility index (Phi) is 10.6. The zero-order valence-electron chi connectivity index (χ0n) is 29.1. The molecule has 0 spiro atoms. The Bertz CT molecular complexity index is 1900. The van der Waals surface area contributed by atoms with Crippen LogP contribution in [-0.4, -0.2) is 6.88 Å². The van der Waals surface area contributed by atoms with Crippen LogP contribution in [0.25, 0.3) is 34.4 Å². The first-order valence-electron chi connectivity index (χ1n) is 17.4. The molecule has 0 aliphatic heterocycles. The van der Waals surface area contributed by atoms with Gasteiger partial charge in [-0.3, -0.25) is 0 Å². The molecule has 4 heteroatoms. The van der Waals surface area contributed by atoms with Crippen molar-refractivity contribution in [3.05, 3.63) is 129 Å². The van der Waals surface area contributed by atoms with E-state index in [4.69, 9.17) is 0 Å². The summed E-state index contributed by atoms with van der Waals surface area (Å²) in [7, 11) is 0. The Balaban J connectivity index is 0.00000217. The van der Waals surface area contributed by atoms with Crippen LogP contribution >= 0.6 is 24.8 Å². The largest absolute Gasteiger partial charge is 0.147 e. The fourth-order valence-corrected chi connectivity index (χ4v) is 30.3. The summed E-state index contributed by atoms with van der Waals surface area (Å²) in [5, 5.41) is 0. The first kappa shape index (κ1) is 36.3. The van der Waals surface area contributed by atoms with E-state index in [0.717, 1.165) is 5.92 Å². The van der Waals surface area contributed by atoms with Gasteiger partial charge in [0.25, 0.3) is 0 Å². The SMILES string of the molecule is CC1=Cc2c(-c3ccc(C4CCCCC4)cc3)ccc(C)c2[CH]1[Zr]([CH3])([CH3])(=[SiH2])[CH]1C(C(C)C)=Cc2c(-c3ccccc3)cccc21.Cl.Cl. The molecule has 1 saturated carbocycles. The molecule has 0 heterocycles. The number of hydrogen-bond acceptors (Lipinski definition) is 0. The van der Waals surface area contributed by atoms with E-state index in [9.17, 15) is 0 Å². The molecule has 0 aromatic heterocycles. The van der Waals surface area contributed by atoms with Crippen LogP contribution < -0.4 is 0 Å². The topological polar surface area (TPSA) is 0 Å². The number of halogens is 2. The van der Waals surface area contributed by atoms with E-state index < -0.39 is 17.4 Å². The predicted molar refractivity (Wildman–Crippen MR) is 211 cm³/mol. The predicted octanol–water partition coefficient (Wildman–Crippen LogP) is 12.8. The smallest absolute Gasteiger partial charge is 0.147 e. The van der Waals surface area contributed by atoms with Crippen LogP contribution in [0.15, 0.2) is 96.1 Å². The first-order chi connectivity index (χ1) is 21.5.